The maximum absolute atomic E-state index is 13.6. The van der Waals surface area contributed by atoms with Crippen molar-refractivity contribution in [1.82, 2.24) is 9.62 Å². The summed E-state index contributed by atoms with van der Waals surface area (Å²) in [6.45, 7) is 9.13. The molecule has 9 nitrogen and oxygen atoms in total. The van der Waals surface area contributed by atoms with Crippen molar-refractivity contribution in [1.29, 1.82) is 0 Å². The van der Waals surface area contributed by atoms with Gasteiger partial charge in [0.1, 0.15) is 5.75 Å². The topological polar surface area (TPSA) is 97.4 Å². The van der Waals surface area contributed by atoms with E-state index in [1.807, 2.05) is 25.1 Å². The SMILES string of the molecule is C[C@@H]1[C@@H](C)CCC[C@H]([C@H]2OC[C@](C)(N(C)C)CO2)[C@@H]2CC[C@H]2CN2C[C@@]3(CCCc4cc(Cl)ccc43)COc3ccc(cc32)C(=O)NS1(=O)=O. The number of sulfonamides is 1. The second-order valence-corrected chi connectivity index (χ2v) is 18.9. The van der Waals surface area contributed by atoms with Crippen molar-refractivity contribution in [3.63, 3.8) is 0 Å². The average Bonchev–Trinajstić information content (AvgIpc) is 3.22. The van der Waals surface area contributed by atoms with Crippen molar-refractivity contribution >= 4 is 33.2 Å². The molecule has 1 saturated carbocycles. The highest BCUT2D eigenvalue weighted by Gasteiger charge is 2.48. The van der Waals surface area contributed by atoms with E-state index in [0.29, 0.717) is 37.2 Å². The third-order valence-electron chi connectivity index (χ3n) is 13.0. The Labute approximate surface area is 303 Å². The van der Waals surface area contributed by atoms with E-state index >= 15 is 0 Å². The summed E-state index contributed by atoms with van der Waals surface area (Å²) in [5, 5.41) is 0.0250. The molecule has 274 valence electrons. The van der Waals surface area contributed by atoms with Gasteiger partial charge in [-0.2, -0.15) is 0 Å². The number of halogens is 1. The van der Waals surface area contributed by atoms with Gasteiger partial charge in [-0.25, -0.2) is 13.1 Å². The van der Waals surface area contributed by atoms with Crippen LogP contribution < -0.4 is 14.4 Å². The Morgan fingerprint density at radius 3 is 2.46 bits per heavy atom. The standard InChI is InChI=1S/C39H54ClN3O6S/c1-25-8-6-10-32(37-48-22-38(3,23-49-37)42(4)5)31-14-11-29(31)20-43-21-39(17-7-9-27-18-30(40)13-15-33(27)39)24-47-35-16-12-28(19-34(35)43)36(44)41-50(45,46)26(25)2/h12-13,15-16,18-19,25-26,29,31-32,37H,6-11,14,17,20-24H2,1-5H3,(H,41,44)/t25-,26+,29-,31+,32-,37-,38-,39-/m0/s1. The Morgan fingerprint density at radius 2 is 1.74 bits per heavy atom. The number of hydrogen-bond donors (Lipinski definition) is 1. The van der Waals surface area contributed by atoms with Crippen molar-refractivity contribution < 1.29 is 27.4 Å². The predicted octanol–water partition coefficient (Wildman–Crippen LogP) is 6.42. The molecule has 0 unspecified atom stereocenters. The number of hydrogen-bond acceptors (Lipinski definition) is 8. The number of ether oxygens (including phenoxy) is 3. The summed E-state index contributed by atoms with van der Waals surface area (Å²) in [6.07, 6.45) is 7.44. The summed E-state index contributed by atoms with van der Waals surface area (Å²) in [4.78, 5) is 18.2. The fraction of sp³-hybridized carbons (Fsp3) is 0.667. The van der Waals surface area contributed by atoms with E-state index in [1.54, 1.807) is 13.0 Å². The lowest BCUT2D eigenvalue weighted by atomic mass is 9.64. The second-order valence-electron chi connectivity index (χ2n) is 16.4. The summed E-state index contributed by atoms with van der Waals surface area (Å²) in [5.41, 5.74) is 3.29. The lowest BCUT2D eigenvalue weighted by Crippen LogP contribution is -2.57. The van der Waals surface area contributed by atoms with Crippen LogP contribution in [-0.2, 0) is 31.3 Å². The maximum Gasteiger partial charge on any atom is 0.264 e. The zero-order chi connectivity index (χ0) is 35.4. The van der Waals surface area contributed by atoms with Crippen LogP contribution in [0.4, 0.5) is 5.69 Å². The normalized spacial score (nSPS) is 36.0. The van der Waals surface area contributed by atoms with Crippen molar-refractivity contribution in [2.75, 3.05) is 51.9 Å². The molecule has 5 aliphatic rings. The number of carbonyl (C=O) groups is 1. The van der Waals surface area contributed by atoms with E-state index in [1.165, 1.54) is 11.1 Å². The Balaban J connectivity index is 1.27. The molecule has 6 atom stereocenters. The molecule has 0 radical (unpaired) electrons. The van der Waals surface area contributed by atoms with Gasteiger partial charge in [0.25, 0.3) is 5.91 Å². The molecule has 3 aliphatic heterocycles. The number of benzene rings is 2. The van der Waals surface area contributed by atoms with Gasteiger partial charge in [-0.1, -0.05) is 31.0 Å². The molecule has 2 aromatic rings. The molecule has 1 spiro atoms. The average molecular weight is 728 g/mol. The molecule has 2 fully saturated rings. The molecule has 50 heavy (non-hydrogen) atoms. The number of amides is 1. The number of nitrogens with zero attached hydrogens (tertiary/aromatic N) is 2. The maximum atomic E-state index is 13.6. The van der Waals surface area contributed by atoms with E-state index in [4.69, 9.17) is 25.8 Å². The van der Waals surface area contributed by atoms with Gasteiger partial charge in [-0.05, 0) is 132 Å². The Kier molecular flexibility index (Phi) is 10.00. The van der Waals surface area contributed by atoms with Gasteiger partial charge in [-0.15, -0.1) is 0 Å². The molecule has 1 N–H and O–H groups in total. The molecule has 0 aromatic heterocycles. The van der Waals surface area contributed by atoms with E-state index in [2.05, 4.69) is 47.7 Å². The van der Waals surface area contributed by atoms with Crippen molar-refractivity contribution in [2.24, 2.45) is 23.7 Å². The van der Waals surface area contributed by atoms with Gasteiger partial charge < -0.3 is 19.1 Å². The van der Waals surface area contributed by atoms with Crippen LogP contribution in [0.25, 0.3) is 0 Å². The lowest BCUT2D eigenvalue weighted by Gasteiger charge is -2.50. The lowest BCUT2D eigenvalue weighted by molar-refractivity contribution is -0.260. The highest BCUT2D eigenvalue weighted by Crippen LogP contribution is 2.49. The van der Waals surface area contributed by atoms with Gasteiger partial charge in [0.2, 0.25) is 10.0 Å². The van der Waals surface area contributed by atoms with Crippen molar-refractivity contribution in [2.45, 2.75) is 94.6 Å². The van der Waals surface area contributed by atoms with E-state index in [0.717, 1.165) is 80.9 Å². The highest BCUT2D eigenvalue weighted by atomic mass is 35.5. The molecule has 1 saturated heterocycles. The Bertz CT molecular complexity index is 1690. The van der Waals surface area contributed by atoms with Crippen LogP contribution in [0.1, 0.15) is 87.2 Å². The van der Waals surface area contributed by atoms with Crippen LogP contribution in [0.5, 0.6) is 5.75 Å². The van der Waals surface area contributed by atoms with Crippen LogP contribution in [0.3, 0.4) is 0 Å². The summed E-state index contributed by atoms with van der Waals surface area (Å²) in [6, 6.07) is 11.6. The van der Waals surface area contributed by atoms with Crippen LogP contribution in [0.15, 0.2) is 36.4 Å². The van der Waals surface area contributed by atoms with Crippen LogP contribution in [-0.4, -0.2) is 83.3 Å². The summed E-state index contributed by atoms with van der Waals surface area (Å²) in [7, 11) is 0.230. The number of rotatable bonds is 2. The third-order valence-corrected chi connectivity index (χ3v) is 15.2. The minimum atomic E-state index is -3.91. The number of anilines is 1. The Morgan fingerprint density at radius 1 is 0.960 bits per heavy atom. The summed E-state index contributed by atoms with van der Waals surface area (Å²) < 4.78 is 49.3. The van der Waals surface area contributed by atoms with Gasteiger partial charge in [0.15, 0.2) is 6.29 Å². The molecular formula is C39H54ClN3O6S. The smallest absolute Gasteiger partial charge is 0.264 e. The van der Waals surface area contributed by atoms with E-state index in [-0.39, 0.29) is 29.1 Å². The fourth-order valence-electron chi connectivity index (χ4n) is 9.09. The second kappa shape index (κ2) is 13.9. The van der Waals surface area contributed by atoms with Gasteiger partial charge in [0, 0.05) is 35.0 Å². The van der Waals surface area contributed by atoms with Crippen molar-refractivity contribution in [3.8, 4) is 5.75 Å². The van der Waals surface area contributed by atoms with Crippen molar-refractivity contribution in [3.05, 3.63) is 58.1 Å². The number of aryl methyl sites for hydroxylation is 1. The number of likely N-dealkylation sites (N-methyl/N-ethyl adjacent to an activating group) is 1. The minimum Gasteiger partial charge on any atom is -0.490 e. The van der Waals surface area contributed by atoms with Crippen LogP contribution >= 0.6 is 11.6 Å². The molecule has 1 amide bonds. The fourth-order valence-corrected chi connectivity index (χ4v) is 10.6. The molecule has 2 aromatic carbocycles. The zero-order valence-corrected chi connectivity index (χ0v) is 31.8. The summed E-state index contributed by atoms with van der Waals surface area (Å²) in [5.74, 6) is 1.01. The van der Waals surface area contributed by atoms with Crippen LogP contribution in [0, 0.1) is 23.7 Å². The van der Waals surface area contributed by atoms with Gasteiger partial charge in [-0.3, -0.25) is 9.69 Å². The Hall–Kier alpha value is -2.37. The number of carbonyl (C=O) groups excluding carboxylic acids is 1. The van der Waals surface area contributed by atoms with Gasteiger partial charge in [0.05, 0.1) is 36.3 Å². The number of fused-ring (bicyclic) bond motifs is 4. The quantitative estimate of drug-likeness (QED) is 0.379. The molecule has 11 heteroatoms. The van der Waals surface area contributed by atoms with Crippen LogP contribution in [0.2, 0.25) is 5.02 Å². The van der Waals surface area contributed by atoms with E-state index < -0.39 is 21.2 Å². The predicted molar refractivity (Wildman–Crippen MR) is 197 cm³/mol. The monoisotopic (exact) mass is 727 g/mol. The number of nitrogens with one attached hydrogen (secondary N) is 1. The third kappa shape index (κ3) is 6.80. The molecule has 2 bridgehead atoms. The molecule has 3 heterocycles. The first kappa shape index (κ1) is 36.0. The first-order chi connectivity index (χ1) is 23.8. The van der Waals surface area contributed by atoms with E-state index in [9.17, 15) is 13.2 Å². The first-order valence-electron chi connectivity index (χ1n) is 18.6. The zero-order valence-electron chi connectivity index (χ0n) is 30.3. The first-order valence-corrected chi connectivity index (χ1v) is 20.5. The highest BCUT2D eigenvalue weighted by molar-refractivity contribution is 7.90. The largest absolute Gasteiger partial charge is 0.490 e. The minimum absolute atomic E-state index is 0.128. The summed E-state index contributed by atoms with van der Waals surface area (Å²) >= 11 is 6.48. The van der Waals surface area contributed by atoms with Gasteiger partial charge >= 0.3 is 0 Å². The molecule has 7 rings (SSSR count). The molecular weight excluding hydrogens is 674 g/mol. The molecule has 2 aliphatic carbocycles.